The van der Waals surface area contributed by atoms with Gasteiger partial charge in [-0.3, -0.25) is 9.69 Å². The van der Waals surface area contributed by atoms with Crippen molar-refractivity contribution >= 4 is 5.91 Å². The Morgan fingerprint density at radius 1 is 1.00 bits per heavy atom. The van der Waals surface area contributed by atoms with Gasteiger partial charge in [-0.25, -0.2) is 4.39 Å². The number of benzene rings is 2. The fourth-order valence-corrected chi connectivity index (χ4v) is 3.38. The Bertz CT molecular complexity index is 776. The van der Waals surface area contributed by atoms with Crippen molar-refractivity contribution < 1.29 is 18.7 Å². The van der Waals surface area contributed by atoms with E-state index in [9.17, 15) is 9.18 Å². The molecule has 3 rings (SSSR count). The predicted molar refractivity (Wildman–Crippen MR) is 106 cm³/mol. The van der Waals surface area contributed by atoms with Crippen LogP contribution in [0.5, 0.6) is 11.5 Å². The summed E-state index contributed by atoms with van der Waals surface area (Å²) in [4.78, 5) is 16.7. The van der Waals surface area contributed by atoms with Crippen molar-refractivity contribution in [3.05, 3.63) is 59.9 Å². The Kier molecular flexibility index (Phi) is 7.25. The maximum Gasteiger partial charge on any atom is 0.222 e. The molecule has 28 heavy (non-hydrogen) atoms. The Morgan fingerprint density at radius 3 is 2.39 bits per heavy atom. The number of carbonyl (C=O) groups excluding carboxylic acids is 1. The van der Waals surface area contributed by atoms with Crippen LogP contribution in [0.3, 0.4) is 0 Å². The average Bonchev–Trinajstić information content (AvgIpc) is 2.74. The van der Waals surface area contributed by atoms with E-state index in [1.165, 1.54) is 6.07 Å². The van der Waals surface area contributed by atoms with Crippen molar-refractivity contribution in [2.75, 3.05) is 46.4 Å². The van der Waals surface area contributed by atoms with Crippen LogP contribution >= 0.6 is 0 Å². The summed E-state index contributed by atoms with van der Waals surface area (Å²) in [5.74, 6) is 0.948. The highest BCUT2D eigenvalue weighted by Crippen LogP contribution is 2.19. The topological polar surface area (TPSA) is 42.0 Å². The van der Waals surface area contributed by atoms with Crippen LogP contribution in [0, 0.1) is 5.82 Å². The Hall–Kier alpha value is -2.60. The van der Waals surface area contributed by atoms with Gasteiger partial charge in [0.2, 0.25) is 5.91 Å². The standard InChI is InChI=1S/C22H27FN2O3/c1-27-20-8-4-2-6-18(20)10-11-22(26)25-14-12-24(13-15-25)16-17-28-21-9-5-3-7-19(21)23/h2-9H,10-17H2,1H3. The lowest BCUT2D eigenvalue weighted by Crippen LogP contribution is -2.49. The van der Waals surface area contributed by atoms with Crippen LogP contribution in [0.1, 0.15) is 12.0 Å². The summed E-state index contributed by atoms with van der Waals surface area (Å²) in [6, 6.07) is 14.2. The van der Waals surface area contributed by atoms with Gasteiger partial charge in [-0.1, -0.05) is 30.3 Å². The third-order valence-electron chi connectivity index (χ3n) is 5.03. The number of nitrogens with zero attached hydrogens (tertiary/aromatic N) is 2. The second-order valence-electron chi connectivity index (χ2n) is 6.81. The largest absolute Gasteiger partial charge is 0.496 e. The number of rotatable bonds is 8. The zero-order chi connectivity index (χ0) is 19.8. The van der Waals surface area contributed by atoms with Gasteiger partial charge in [-0.15, -0.1) is 0 Å². The fourth-order valence-electron chi connectivity index (χ4n) is 3.38. The Labute approximate surface area is 165 Å². The molecule has 0 bridgehead atoms. The van der Waals surface area contributed by atoms with Crippen LogP contribution in [0.25, 0.3) is 0 Å². The van der Waals surface area contributed by atoms with Gasteiger partial charge in [-0.05, 0) is 30.2 Å². The van der Waals surface area contributed by atoms with Crippen molar-refractivity contribution in [1.82, 2.24) is 9.80 Å². The Balaban J connectivity index is 1.37. The molecule has 1 heterocycles. The molecule has 0 aliphatic carbocycles. The second kappa shape index (κ2) is 10.1. The number of methoxy groups -OCH3 is 1. The monoisotopic (exact) mass is 386 g/mol. The molecule has 0 aromatic heterocycles. The summed E-state index contributed by atoms with van der Waals surface area (Å²) in [5, 5.41) is 0. The van der Waals surface area contributed by atoms with Gasteiger partial charge in [0, 0.05) is 39.1 Å². The van der Waals surface area contributed by atoms with E-state index in [1.807, 2.05) is 29.2 Å². The van der Waals surface area contributed by atoms with Gasteiger partial charge in [0.15, 0.2) is 11.6 Å². The van der Waals surface area contributed by atoms with E-state index in [2.05, 4.69) is 4.90 Å². The molecule has 0 N–H and O–H groups in total. The summed E-state index contributed by atoms with van der Waals surface area (Å²) in [7, 11) is 1.65. The number of halogens is 1. The normalized spacial score (nSPS) is 14.7. The molecular formula is C22H27FN2O3. The lowest BCUT2D eigenvalue weighted by molar-refractivity contribution is -0.132. The molecule has 6 heteroatoms. The summed E-state index contributed by atoms with van der Waals surface area (Å²) < 4.78 is 24.4. The first kappa shape index (κ1) is 20.1. The van der Waals surface area contributed by atoms with Crippen LogP contribution < -0.4 is 9.47 Å². The molecule has 2 aromatic carbocycles. The van der Waals surface area contributed by atoms with Crippen molar-refractivity contribution in [1.29, 1.82) is 0 Å². The van der Waals surface area contributed by atoms with E-state index in [4.69, 9.17) is 9.47 Å². The van der Waals surface area contributed by atoms with Crippen molar-refractivity contribution in [2.24, 2.45) is 0 Å². The summed E-state index contributed by atoms with van der Waals surface area (Å²) in [5.41, 5.74) is 1.06. The molecule has 0 spiro atoms. The van der Waals surface area contributed by atoms with Gasteiger partial charge < -0.3 is 14.4 Å². The van der Waals surface area contributed by atoms with Crippen molar-refractivity contribution in [3.63, 3.8) is 0 Å². The number of carbonyl (C=O) groups is 1. The van der Waals surface area contributed by atoms with Crippen LogP contribution in [0.2, 0.25) is 0 Å². The number of hydrogen-bond donors (Lipinski definition) is 0. The molecule has 5 nitrogen and oxygen atoms in total. The number of aryl methyl sites for hydroxylation is 1. The first-order valence-electron chi connectivity index (χ1n) is 9.66. The smallest absolute Gasteiger partial charge is 0.222 e. The van der Waals surface area contributed by atoms with Crippen molar-refractivity contribution in [3.8, 4) is 11.5 Å². The van der Waals surface area contributed by atoms with Crippen LogP contribution in [0.4, 0.5) is 4.39 Å². The molecule has 1 saturated heterocycles. The molecular weight excluding hydrogens is 359 g/mol. The van der Waals surface area contributed by atoms with Crippen molar-refractivity contribution in [2.45, 2.75) is 12.8 Å². The first-order valence-corrected chi connectivity index (χ1v) is 9.66. The van der Waals surface area contributed by atoms with Crippen LogP contribution in [-0.2, 0) is 11.2 Å². The SMILES string of the molecule is COc1ccccc1CCC(=O)N1CCN(CCOc2ccccc2F)CC1. The van der Waals surface area contributed by atoms with Gasteiger partial charge in [-0.2, -0.15) is 0 Å². The van der Waals surface area contributed by atoms with E-state index in [0.29, 0.717) is 32.5 Å². The molecule has 0 radical (unpaired) electrons. The molecule has 1 aliphatic heterocycles. The zero-order valence-corrected chi connectivity index (χ0v) is 16.3. The lowest BCUT2D eigenvalue weighted by Gasteiger charge is -2.34. The molecule has 0 atom stereocenters. The third-order valence-corrected chi connectivity index (χ3v) is 5.03. The minimum absolute atomic E-state index is 0.174. The lowest BCUT2D eigenvalue weighted by atomic mass is 10.1. The molecule has 1 amide bonds. The van der Waals surface area contributed by atoms with Gasteiger partial charge in [0.1, 0.15) is 12.4 Å². The summed E-state index contributed by atoms with van der Waals surface area (Å²) in [6.45, 7) is 4.19. The minimum Gasteiger partial charge on any atom is -0.496 e. The highest BCUT2D eigenvalue weighted by atomic mass is 19.1. The molecule has 2 aromatic rings. The molecule has 0 unspecified atom stereocenters. The second-order valence-corrected chi connectivity index (χ2v) is 6.81. The number of amides is 1. The highest BCUT2D eigenvalue weighted by molar-refractivity contribution is 5.76. The molecule has 1 fully saturated rings. The maximum absolute atomic E-state index is 13.5. The number of hydrogen-bond acceptors (Lipinski definition) is 4. The third kappa shape index (κ3) is 5.45. The van der Waals surface area contributed by atoms with Gasteiger partial charge in [0.05, 0.1) is 7.11 Å². The fraction of sp³-hybridized carbons (Fsp3) is 0.409. The molecule has 1 aliphatic rings. The van der Waals surface area contributed by atoms with E-state index >= 15 is 0 Å². The van der Waals surface area contributed by atoms with Crippen LogP contribution in [-0.4, -0.2) is 62.1 Å². The maximum atomic E-state index is 13.5. The average molecular weight is 386 g/mol. The highest BCUT2D eigenvalue weighted by Gasteiger charge is 2.21. The first-order chi connectivity index (χ1) is 13.7. The van der Waals surface area contributed by atoms with Gasteiger partial charge >= 0.3 is 0 Å². The molecule has 0 saturated carbocycles. The predicted octanol–water partition coefficient (Wildman–Crippen LogP) is 2.99. The number of ether oxygens (including phenoxy) is 2. The van der Waals surface area contributed by atoms with Gasteiger partial charge in [0.25, 0.3) is 0 Å². The number of piperazine rings is 1. The number of para-hydroxylation sites is 2. The molecule has 150 valence electrons. The minimum atomic E-state index is -0.340. The quantitative estimate of drug-likeness (QED) is 0.700. The van der Waals surface area contributed by atoms with E-state index < -0.39 is 0 Å². The zero-order valence-electron chi connectivity index (χ0n) is 16.3. The van der Waals surface area contributed by atoms with E-state index in [-0.39, 0.29) is 17.5 Å². The van der Waals surface area contributed by atoms with E-state index in [0.717, 1.165) is 30.9 Å². The van der Waals surface area contributed by atoms with E-state index in [1.54, 1.807) is 25.3 Å². The Morgan fingerprint density at radius 2 is 1.68 bits per heavy atom. The summed E-state index contributed by atoms with van der Waals surface area (Å²) in [6.07, 6.45) is 1.16. The summed E-state index contributed by atoms with van der Waals surface area (Å²) >= 11 is 0. The van der Waals surface area contributed by atoms with Crippen LogP contribution in [0.15, 0.2) is 48.5 Å².